The van der Waals surface area contributed by atoms with E-state index in [0.29, 0.717) is 44.1 Å². The third-order valence-corrected chi connectivity index (χ3v) is 10.3. The van der Waals surface area contributed by atoms with Crippen molar-refractivity contribution in [2.45, 2.75) is 136 Å². The van der Waals surface area contributed by atoms with Gasteiger partial charge in [0.15, 0.2) is 0 Å². The molecule has 1 heterocycles. The first-order valence-electron chi connectivity index (χ1n) is 15.8. The number of hydrogen-bond donors (Lipinski definition) is 2. The summed E-state index contributed by atoms with van der Waals surface area (Å²) in [6, 6.07) is -0.815. The van der Waals surface area contributed by atoms with Crippen LogP contribution in [-0.2, 0) is 23.9 Å². The molecule has 2 saturated carbocycles. The Morgan fingerprint density at radius 3 is 2.33 bits per heavy atom. The zero-order valence-corrected chi connectivity index (χ0v) is 25.9. The summed E-state index contributed by atoms with van der Waals surface area (Å²) in [5, 5.41) is 21.7. The van der Waals surface area contributed by atoms with E-state index in [1.807, 2.05) is 20.8 Å². The Hall–Kier alpha value is -1.51. The number of ether oxygens (including phenoxy) is 2. The second-order valence-corrected chi connectivity index (χ2v) is 13.8. The lowest BCUT2D eigenvalue weighted by Gasteiger charge is -2.43. The second-order valence-electron chi connectivity index (χ2n) is 13.8. The summed E-state index contributed by atoms with van der Waals surface area (Å²) in [5.74, 6) is -1.24. The van der Waals surface area contributed by atoms with E-state index in [0.717, 1.165) is 32.1 Å². The monoisotopic (exact) mass is 565 g/mol. The fraction of sp³-hybridized carbons (Fsp3) is 0.906. The standard InChI is InChI=1S/C32H55NO7/c1-19(2)24-13-11-22(6)32(38,18-24)29(35)30(36)33-15-9-8-10-25(33)31(37)40-28(20(3)4)21(5)16-23-12-14-26(34)27(17-23)39-7/h19-28,34,38H,8-18H2,1-7H3/t21?,22-,23+,24-,25+,26-,27-,28?,32+/m1/s1. The smallest absolute Gasteiger partial charge is 0.329 e. The van der Waals surface area contributed by atoms with E-state index in [1.165, 1.54) is 4.90 Å². The third kappa shape index (κ3) is 7.46. The average molecular weight is 566 g/mol. The number of esters is 1. The Bertz CT molecular complexity index is 875. The summed E-state index contributed by atoms with van der Waals surface area (Å²) in [6.45, 7) is 12.5. The van der Waals surface area contributed by atoms with E-state index >= 15 is 0 Å². The first kappa shape index (κ1) is 33.0. The van der Waals surface area contributed by atoms with Crippen LogP contribution in [0, 0.1) is 35.5 Å². The molecule has 40 heavy (non-hydrogen) atoms. The Kier molecular flexibility index (Phi) is 11.6. The fourth-order valence-electron chi connectivity index (χ4n) is 7.47. The lowest BCUT2D eigenvalue weighted by molar-refractivity contribution is -0.172. The van der Waals surface area contributed by atoms with Gasteiger partial charge in [0, 0.05) is 13.7 Å². The molecule has 0 bridgehead atoms. The number of hydrogen-bond acceptors (Lipinski definition) is 7. The molecule has 0 aromatic rings. The fourth-order valence-corrected chi connectivity index (χ4v) is 7.47. The van der Waals surface area contributed by atoms with Gasteiger partial charge in [-0.2, -0.15) is 0 Å². The molecule has 8 nitrogen and oxygen atoms in total. The Balaban J connectivity index is 1.70. The minimum absolute atomic E-state index is 0.0810. The van der Waals surface area contributed by atoms with Crippen LogP contribution in [-0.4, -0.2) is 76.4 Å². The van der Waals surface area contributed by atoms with E-state index in [2.05, 4.69) is 20.8 Å². The van der Waals surface area contributed by atoms with Crippen molar-refractivity contribution >= 4 is 17.7 Å². The summed E-state index contributed by atoms with van der Waals surface area (Å²) in [7, 11) is 1.64. The Labute approximate surface area is 241 Å². The SMILES string of the molecule is CO[C@@H]1C[C@H](CC(C)C(OC(=O)[C@@H]2CCCCN2C(=O)C(=O)[C@]2(O)C[C@H](C(C)C)CC[C@H]2C)C(C)C)CC[C@H]1O. The van der Waals surface area contributed by atoms with Gasteiger partial charge in [-0.3, -0.25) is 9.59 Å². The highest BCUT2D eigenvalue weighted by atomic mass is 16.5. The molecule has 0 aromatic heterocycles. The van der Waals surface area contributed by atoms with Gasteiger partial charge in [0.1, 0.15) is 17.7 Å². The molecule has 2 aliphatic carbocycles. The summed E-state index contributed by atoms with van der Waals surface area (Å²) >= 11 is 0. The number of amides is 1. The predicted molar refractivity (Wildman–Crippen MR) is 153 cm³/mol. The number of likely N-dealkylation sites (tertiary alicyclic amines) is 1. The summed E-state index contributed by atoms with van der Waals surface area (Å²) in [6.07, 6.45) is 6.20. The van der Waals surface area contributed by atoms with Crippen LogP contribution in [0.1, 0.15) is 106 Å². The van der Waals surface area contributed by atoms with Gasteiger partial charge in [-0.1, -0.05) is 41.5 Å². The van der Waals surface area contributed by atoms with Crippen molar-refractivity contribution in [3.8, 4) is 0 Å². The average Bonchev–Trinajstić information content (AvgIpc) is 2.92. The highest BCUT2D eigenvalue weighted by Crippen LogP contribution is 2.41. The molecule has 1 amide bonds. The van der Waals surface area contributed by atoms with E-state index < -0.39 is 35.4 Å². The number of aliphatic hydroxyl groups excluding tert-OH is 1. The van der Waals surface area contributed by atoms with Crippen LogP contribution < -0.4 is 0 Å². The molecule has 9 atom stereocenters. The van der Waals surface area contributed by atoms with Crippen molar-refractivity contribution in [1.82, 2.24) is 4.90 Å². The van der Waals surface area contributed by atoms with Crippen LogP contribution in [0.2, 0.25) is 0 Å². The van der Waals surface area contributed by atoms with Gasteiger partial charge >= 0.3 is 5.97 Å². The molecule has 3 rings (SSSR count). The molecule has 0 spiro atoms. The van der Waals surface area contributed by atoms with E-state index in [-0.39, 0.29) is 42.3 Å². The van der Waals surface area contributed by atoms with Crippen LogP contribution in [0.3, 0.4) is 0 Å². The first-order valence-corrected chi connectivity index (χ1v) is 15.8. The topological polar surface area (TPSA) is 113 Å². The number of nitrogens with zero attached hydrogens (tertiary/aromatic N) is 1. The zero-order valence-electron chi connectivity index (χ0n) is 25.9. The number of carbonyl (C=O) groups is 3. The lowest BCUT2D eigenvalue weighted by Crippen LogP contribution is -2.59. The largest absolute Gasteiger partial charge is 0.460 e. The van der Waals surface area contributed by atoms with Crippen molar-refractivity contribution in [3.63, 3.8) is 0 Å². The summed E-state index contributed by atoms with van der Waals surface area (Å²) in [4.78, 5) is 42.2. The molecule has 2 unspecified atom stereocenters. The van der Waals surface area contributed by atoms with Gasteiger partial charge in [-0.05, 0) is 99.7 Å². The van der Waals surface area contributed by atoms with Gasteiger partial charge in [0.2, 0.25) is 0 Å². The highest BCUT2D eigenvalue weighted by molar-refractivity contribution is 6.39. The molecular weight excluding hydrogens is 510 g/mol. The minimum atomic E-state index is -1.70. The van der Waals surface area contributed by atoms with Gasteiger partial charge < -0.3 is 24.6 Å². The van der Waals surface area contributed by atoms with Crippen LogP contribution in [0.25, 0.3) is 0 Å². The Morgan fingerprint density at radius 2 is 1.70 bits per heavy atom. The van der Waals surface area contributed by atoms with E-state index in [4.69, 9.17) is 9.47 Å². The number of ketones is 1. The predicted octanol–water partition coefficient (Wildman–Crippen LogP) is 4.53. The van der Waals surface area contributed by atoms with Crippen molar-refractivity contribution in [3.05, 3.63) is 0 Å². The lowest BCUT2D eigenvalue weighted by atomic mass is 9.66. The normalized spacial score (nSPS) is 34.9. The molecule has 0 aromatic carbocycles. The van der Waals surface area contributed by atoms with Crippen molar-refractivity contribution in [1.29, 1.82) is 0 Å². The Morgan fingerprint density at radius 1 is 1.00 bits per heavy atom. The van der Waals surface area contributed by atoms with Crippen molar-refractivity contribution in [2.24, 2.45) is 35.5 Å². The van der Waals surface area contributed by atoms with Crippen molar-refractivity contribution < 1.29 is 34.1 Å². The van der Waals surface area contributed by atoms with Gasteiger partial charge in [0.25, 0.3) is 11.7 Å². The number of methoxy groups -OCH3 is 1. The van der Waals surface area contributed by atoms with Crippen LogP contribution in [0.5, 0.6) is 0 Å². The number of Topliss-reactive ketones (excluding diaryl/α,β-unsaturated/α-hetero) is 1. The molecule has 2 N–H and O–H groups in total. The first-order chi connectivity index (χ1) is 18.8. The maximum atomic E-state index is 13.6. The van der Waals surface area contributed by atoms with Gasteiger partial charge in [-0.15, -0.1) is 0 Å². The molecule has 1 aliphatic heterocycles. The number of piperidine rings is 1. The molecule has 3 aliphatic rings. The molecular formula is C32H55NO7. The molecule has 230 valence electrons. The maximum absolute atomic E-state index is 13.6. The van der Waals surface area contributed by atoms with Crippen LogP contribution in [0.15, 0.2) is 0 Å². The molecule has 1 saturated heterocycles. The van der Waals surface area contributed by atoms with Gasteiger partial charge in [0.05, 0.1) is 12.2 Å². The van der Waals surface area contributed by atoms with Gasteiger partial charge in [-0.25, -0.2) is 4.79 Å². The summed E-state index contributed by atoms with van der Waals surface area (Å²) in [5.41, 5.74) is -1.70. The molecule has 0 radical (unpaired) electrons. The second kappa shape index (κ2) is 14.1. The quantitative estimate of drug-likeness (QED) is 0.296. The molecule has 3 fully saturated rings. The van der Waals surface area contributed by atoms with E-state index in [1.54, 1.807) is 7.11 Å². The maximum Gasteiger partial charge on any atom is 0.329 e. The third-order valence-electron chi connectivity index (χ3n) is 10.3. The van der Waals surface area contributed by atoms with Crippen LogP contribution >= 0.6 is 0 Å². The van der Waals surface area contributed by atoms with Crippen molar-refractivity contribution in [2.75, 3.05) is 13.7 Å². The zero-order chi connectivity index (χ0) is 29.8. The number of carbonyl (C=O) groups excluding carboxylic acids is 3. The number of aliphatic hydroxyl groups is 2. The van der Waals surface area contributed by atoms with E-state index in [9.17, 15) is 24.6 Å². The number of rotatable bonds is 10. The minimum Gasteiger partial charge on any atom is -0.460 e. The highest BCUT2D eigenvalue weighted by Gasteiger charge is 2.51. The van der Waals surface area contributed by atoms with Crippen LogP contribution in [0.4, 0.5) is 0 Å². The molecule has 8 heteroatoms. The summed E-state index contributed by atoms with van der Waals surface area (Å²) < 4.78 is 11.6.